The third kappa shape index (κ3) is 4.12. The third-order valence-corrected chi connectivity index (χ3v) is 6.00. The van der Waals surface area contributed by atoms with E-state index >= 15 is 0 Å². The van der Waals surface area contributed by atoms with Gasteiger partial charge in [0.25, 0.3) is 0 Å². The van der Waals surface area contributed by atoms with Gasteiger partial charge in [-0.25, -0.2) is 18.1 Å². The number of benzene rings is 1. The van der Waals surface area contributed by atoms with Crippen LogP contribution < -0.4 is 14.5 Å². The van der Waals surface area contributed by atoms with Crippen LogP contribution in [0.1, 0.15) is 24.5 Å². The van der Waals surface area contributed by atoms with Crippen molar-refractivity contribution in [3.8, 4) is 0 Å². The number of anilines is 2. The number of sulfonamides is 1. The van der Waals surface area contributed by atoms with E-state index in [0.29, 0.717) is 6.54 Å². The molecule has 0 spiro atoms. The summed E-state index contributed by atoms with van der Waals surface area (Å²) in [4.78, 5) is 19.8. The predicted octanol–water partition coefficient (Wildman–Crippen LogP) is 1.93. The molecule has 1 aromatic heterocycles. The normalized spacial score (nSPS) is 14.0. The van der Waals surface area contributed by atoms with E-state index in [-0.39, 0.29) is 17.3 Å². The van der Waals surface area contributed by atoms with Crippen molar-refractivity contribution in [2.45, 2.75) is 31.2 Å². The van der Waals surface area contributed by atoms with Gasteiger partial charge < -0.3 is 9.80 Å². The summed E-state index contributed by atoms with van der Waals surface area (Å²) in [6, 6.07) is 8.58. The molecule has 1 amide bonds. The second-order valence-corrected chi connectivity index (χ2v) is 8.54. The van der Waals surface area contributed by atoms with Crippen molar-refractivity contribution in [3.05, 3.63) is 47.7 Å². The number of pyridine rings is 1. The predicted molar refractivity (Wildman–Crippen MR) is 105 cm³/mol. The number of carbonyl (C=O) groups is 1. The Morgan fingerprint density at radius 2 is 2.07 bits per heavy atom. The van der Waals surface area contributed by atoms with Crippen molar-refractivity contribution in [1.29, 1.82) is 0 Å². The van der Waals surface area contributed by atoms with Crippen LogP contribution in [0.25, 0.3) is 0 Å². The van der Waals surface area contributed by atoms with Crippen LogP contribution in [-0.2, 0) is 27.8 Å². The highest BCUT2D eigenvalue weighted by Crippen LogP contribution is 2.29. The molecule has 0 fully saturated rings. The number of nitrogens with one attached hydrogen (secondary N) is 1. The molecular formula is C19H24N4O3S. The Labute approximate surface area is 160 Å². The zero-order valence-corrected chi connectivity index (χ0v) is 16.6. The minimum Gasteiger partial charge on any atom is -0.362 e. The molecule has 144 valence electrons. The summed E-state index contributed by atoms with van der Waals surface area (Å²) in [5.41, 5.74) is 2.48. The summed E-state index contributed by atoms with van der Waals surface area (Å²) in [6.45, 7) is 2.35. The van der Waals surface area contributed by atoms with Crippen LogP contribution >= 0.6 is 0 Å². The molecule has 0 saturated heterocycles. The number of amides is 1. The van der Waals surface area contributed by atoms with E-state index in [9.17, 15) is 13.2 Å². The van der Waals surface area contributed by atoms with E-state index in [1.165, 1.54) is 6.92 Å². The van der Waals surface area contributed by atoms with Gasteiger partial charge in [0.05, 0.1) is 4.90 Å². The average Bonchev–Trinajstić information content (AvgIpc) is 2.65. The van der Waals surface area contributed by atoms with Gasteiger partial charge in [0.15, 0.2) is 0 Å². The topological polar surface area (TPSA) is 82.6 Å². The van der Waals surface area contributed by atoms with E-state index in [1.807, 2.05) is 25.1 Å². The fraction of sp³-hybridized carbons (Fsp3) is 0.368. The number of nitrogens with zero attached hydrogens (tertiary/aromatic N) is 3. The second-order valence-electron chi connectivity index (χ2n) is 6.77. The Morgan fingerprint density at radius 1 is 1.30 bits per heavy atom. The zero-order chi connectivity index (χ0) is 19.6. The number of hydrogen-bond donors (Lipinski definition) is 1. The van der Waals surface area contributed by atoms with E-state index in [4.69, 9.17) is 0 Å². The zero-order valence-electron chi connectivity index (χ0n) is 15.8. The molecule has 1 aromatic carbocycles. The van der Waals surface area contributed by atoms with Crippen LogP contribution in [0.4, 0.5) is 11.5 Å². The van der Waals surface area contributed by atoms with Crippen LogP contribution in [0.15, 0.2) is 41.4 Å². The maximum Gasteiger partial charge on any atom is 0.240 e. The lowest BCUT2D eigenvalue weighted by Gasteiger charge is -2.28. The Hall–Kier alpha value is -2.45. The maximum atomic E-state index is 12.8. The first-order chi connectivity index (χ1) is 12.8. The number of rotatable bonds is 5. The van der Waals surface area contributed by atoms with Gasteiger partial charge in [0, 0.05) is 51.6 Å². The van der Waals surface area contributed by atoms with Gasteiger partial charge in [-0.1, -0.05) is 6.07 Å². The molecule has 0 aliphatic carbocycles. The lowest BCUT2D eigenvalue weighted by molar-refractivity contribution is -0.116. The minimum absolute atomic E-state index is 0.0301. The molecule has 2 heterocycles. The Kier molecular flexibility index (Phi) is 5.48. The highest BCUT2D eigenvalue weighted by atomic mass is 32.2. The molecule has 0 radical (unpaired) electrons. The highest BCUT2D eigenvalue weighted by molar-refractivity contribution is 7.89. The van der Waals surface area contributed by atoms with E-state index in [1.54, 1.807) is 35.4 Å². The lowest BCUT2D eigenvalue weighted by Crippen LogP contribution is -2.33. The highest BCUT2D eigenvalue weighted by Gasteiger charge is 2.23. The molecule has 3 rings (SSSR count). The Balaban J connectivity index is 1.83. The molecule has 8 heteroatoms. The molecule has 1 N–H and O–H groups in total. The molecular weight excluding hydrogens is 364 g/mol. The monoisotopic (exact) mass is 388 g/mol. The maximum absolute atomic E-state index is 12.8. The fourth-order valence-electron chi connectivity index (χ4n) is 3.29. The van der Waals surface area contributed by atoms with Gasteiger partial charge in [-0.3, -0.25) is 4.79 Å². The van der Waals surface area contributed by atoms with Crippen LogP contribution in [-0.4, -0.2) is 39.9 Å². The van der Waals surface area contributed by atoms with E-state index in [0.717, 1.165) is 35.5 Å². The SMILES string of the molecule is CC(=O)N1CCCc2cc(S(=O)(=O)NCc3cccnc3N(C)C)ccc21. The molecule has 0 bridgehead atoms. The third-order valence-electron chi connectivity index (χ3n) is 4.60. The van der Waals surface area contributed by atoms with Crippen molar-refractivity contribution < 1.29 is 13.2 Å². The molecule has 0 unspecified atom stereocenters. The number of hydrogen-bond acceptors (Lipinski definition) is 5. The standard InChI is InChI=1S/C19H24N4O3S/c1-14(24)23-11-5-7-15-12-17(8-9-18(15)23)27(25,26)21-13-16-6-4-10-20-19(16)22(2)3/h4,6,8-10,12,21H,5,7,11,13H2,1-3H3. The number of carbonyl (C=O) groups excluding carboxylic acids is 1. The smallest absolute Gasteiger partial charge is 0.240 e. The Bertz CT molecular complexity index is 957. The van der Waals surface area contributed by atoms with Gasteiger partial charge in [-0.05, 0) is 42.7 Å². The fourth-order valence-corrected chi connectivity index (χ4v) is 4.35. The summed E-state index contributed by atoms with van der Waals surface area (Å²) in [5.74, 6) is 0.695. The molecule has 1 aliphatic rings. The van der Waals surface area contributed by atoms with Crippen LogP contribution in [0.2, 0.25) is 0 Å². The first kappa shape index (κ1) is 19.3. The lowest BCUT2D eigenvalue weighted by atomic mass is 10.0. The van der Waals surface area contributed by atoms with E-state index < -0.39 is 10.0 Å². The second kappa shape index (κ2) is 7.66. The van der Waals surface area contributed by atoms with Crippen LogP contribution in [0.3, 0.4) is 0 Å². The number of aryl methyl sites for hydroxylation is 1. The van der Waals surface area contributed by atoms with E-state index in [2.05, 4.69) is 9.71 Å². The summed E-state index contributed by atoms with van der Waals surface area (Å²) in [6.07, 6.45) is 3.26. The summed E-state index contributed by atoms with van der Waals surface area (Å²) in [5, 5.41) is 0. The average molecular weight is 388 g/mol. The minimum atomic E-state index is -3.67. The molecule has 0 atom stereocenters. The summed E-state index contributed by atoms with van der Waals surface area (Å²) >= 11 is 0. The molecule has 2 aromatic rings. The number of fused-ring (bicyclic) bond motifs is 1. The first-order valence-corrected chi connectivity index (χ1v) is 10.3. The van der Waals surface area contributed by atoms with Gasteiger partial charge in [0.2, 0.25) is 15.9 Å². The van der Waals surface area contributed by atoms with Crippen molar-refractivity contribution in [3.63, 3.8) is 0 Å². The van der Waals surface area contributed by atoms with Crippen molar-refractivity contribution in [1.82, 2.24) is 9.71 Å². The van der Waals surface area contributed by atoms with Gasteiger partial charge >= 0.3 is 0 Å². The van der Waals surface area contributed by atoms with Crippen LogP contribution in [0, 0.1) is 0 Å². The van der Waals surface area contributed by atoms with Crippen molar-refractivity contribution in [2.75, 3.05) is 30.4 Å². The van der Waals surface area contributed by atoms with Gasteiger partial charge in [-0.2, -0.15) is 0 Å². The first-order valence-electron chi connectivity index (χ1n) is 8.81. The van der Waals surface area contributed by atoms with Crippen LogP contribution in [0.5, 0.6) is 0 Å². The largest absolute Gasteiger partial charge is 0.362 e. The van der Waals surface area contributed by atoms with Crippen molar-refractivity contribution >= 4 is 27.4 Å². The van der Waals surface area contributed by atoms with Crippen molar-refractivity contribution in [2.24, 2.45) is 0 Å². The molecule has 1 aliphatic heterocycles. The summed E-state index contributed by atoms with van der Waals surface area (Å²) < 4.78 is 28.2. The molecule has 7 nitrogen and oxygen atoms in total. The molecule has 0 saturated carbocycles. The van der Waals surface area contributed by atoms with Gasteiger partial charge in [0.1, 0.15) is 5.82 Å². The quantitative estimate of drug-likeness (QED) is 0.846. The summed E-state index contributed by atoms with van der Waals surface area (Å²) in [7, 11) is 0.0594. The van der Waals surface area contributed by atoms with Gasteiger partial charge in [-0.15, -0.1) is 0 Å². The number of aromatic nitrogens is 1. The molecule has 27 heavy (non-hydrogen) atoms. The Morgan fingerprint density at radius 3 is 2.78 bits per heavy atom.